The SMILES string of the molecule is COc1c2n(cc(C(=O)NCc3ccc(F)c(Cl)c3F)c1=O)[C@H]1CCCC[C@]13OCCN3C2=O. The van der Waals surface area contributed by atoms with Crippen molar-refractivity contribution < 1.29 is 27.8 Å². The van der Waals surface area contributed by atoms with Crippen LogP contribution in [0.5, 0.6) is 5.75 Å². The van der Waals surface area contributed by atoms with Gasteiger partial charge in [-0.3, -0.25) is 14.4 Å². The van der Waals surface area contributed by atoms with Crippen molar-refractivity contribution in [2.24, 2.45) is 0 Å². The second-order valence-electron chi connectivity index (χ2n) is 8.59. The molecule has 2 aliphatic heterocycles. The van der Waals surface area contributed by atoms with E-state index in [1.54, 1.807) is 9.47 Å². The lowest BCUT2D eigenvalue weighted by atomic mass is 9.83. The molecule has 3 heterocycles. The number of aromatic nitrogens is 1. The summed E-state index contributed by atoms with van der Waals surface area (Å²) in [5.74, 6) is -3.29. The Bertz CT molecular complexity index is 1270. The van der Waals surface area contributed by atoms with Crippen molar-refractivity contribution >= 4 is 23.4 Å². The molecule has 11 heteroatoms. The van der Waals surface area contributed by atoms with E-state index in [0.717, 1.165) is 25.0 Å². The Hall–Kier alpha value is -2.98. The molecule has 0 unspecified atom stereocenters. The minimum absolute atomic E-state index is 0.0406. The number of pyridine rings is 1. The maximum Gasteiger partial charge on any atom is 0.276 e. The molecule has 2 amide bonds. The summed E-state index contributed by atoms with van der Waals surface area (Å²) in [5.41, 5.74) is -1.77. The number of hydrogen-bond donors (Lipinski definition) is 1. The monoisotopic (exact) mass is 493 g/mol. The maximum absolute atomic E-state index is 14.2. The van der Waals surface area contributed by atoms with Gasteiger partial charge in [-0.25, -0.2) is 8.78 Å². The minimum atomic E-state index is -0.991. The smallest absolute Gasteiger partial charge is 0.276 e. The van der Waals surface area contributed by atoms with Crippen LogP contribution >= 0.6 is 11.6 Å². The first-order valence-corrected chi connectivity index (χ1v) is 11.4. The lowest BCUT2D eigenvalue weighted by molar-refractivity contribution is -0.133. The van der Waals surface area contributed by atoms with Crippen LogP contribution in [0.4, 0.5) is 8.78 Å². The molecule has 1 saturated heterocycles. The van der Waals surface area contributed by atoms with Crippen molar-refractivity contribution in [1.82, 2.24) is 14.8 Å². The summed E-state index contributed by atoms with van der Waals surface area (Å²) < 4.78 is 40.7. The number of carbonyl (C=O) groups is 2. The molecule has 5 rings (SSSR count). The van der Waals surface area contributed by atoms with E-state index >= 15 is 0 Å². The first-order chi connectivity index (χ1) is 16.3. The highest BCUT2D eigenvalue weighted by atomic mass is 35.5. The quantitative estimate of drug-likeness (QED) is 0.661. The van der Waals surface area contributed by atoms with Gasteiger partial charge in [-0.1, -0.05) is 24.1 Å². The fourth-order valence-electron chi connectivity index (χ4n) is 5.32. The molecule has 0 bridgehead atoms. The molecule has 3 aliphatic rings. The Labute approximate surface area is 198 Å². The molecule has 180 valence electrons. The zero-order valence-corrected chi connectivity index (χ0v) is 19.1. The zero-order chi connectivity index (χ0) is 24.2. The summed E-state index contributed by atoms with van der Waals surface area (Å²) in [4.78, 5) is 41.2. The van der Waals surface area contributed by atoms with Crippen molar-refractivity contribution in [3.05, 3.63) is 62.0 Å². The summed E-state index contributed by atoms with van der Waals surface area (Å²) in [7, 11) is 1.27. The van der Waals surface area contributed by atoms with Crippen LogP contribution in [0.25, 0.3) is 0 Å². The third-order valence-corrected chi connectivity index (χ3v) is 7.23. The Morgan fingerprint density at radius 2 is 2.12 bits per heavy atom. The number of halogens is 3. The first kappa shape index (κ1) is 22.8. The van der Waals surface area contributed by atoms with E-state index in [0.29, 0.717) is 26.0 Å². The summed E-state index contributed by atoms with van der Waals surface area (Å²) in [6.07, 6.45) is 4.51. The average Bonchev–Trinajstić information content (AvgIpc) is 3.26. The highest BCUT2D eigenvalue weighted by Crippen LogP contribution is 2.49. The molecular weight excluding hydrogens is 472 g/mol. The van der Waals surface area contributed by atoms with Gasteiger partial charge < -0.3 is 24.3 Å². The van der Waals surface area contributed by atoms with E-state index < -0.39 is 33.7 Å². The molecule has 8 nitrogen and oxygen atoms in total. The highest BCUT2D eigenvalue weighted by molar-refractivity contribution is 6.30. The lowest BCUT2D eigenvalue weighted by Crippen LogP contribution is -2.60. The van der Waals surface area contributed by atoms with Crippen molar-refractivity contribution in [2.75, 3.05) is 20.3 Å². The number of fused-ring (bicyclic) bond motifs is 2. The van der Waals surface area contributed by atoms with Gasteiger partial charge in [0.15, 0.2) is 17.2 Å². The predicted molar refractivity (Wildman–Crippen MR) is 117 cm³/mol. The number of carbonyl (C=O) groups excluding carboxylic acids is 2. The van der Waals surface area contributed by atoms with Crippen molar-refractivity contribution in [2.45, 2.75) is 44.0 Å². The fraction of sp³-hybridized carbons (Fsp3) is 0.435. The molecule has 1 aromatic carbocycles. The molecule has 1 aliphatic carbocycles. The number of nitrogens with one attached hydrogen (secondary N) is 1. The van der Waals surface area contributed by atoms with Crippen LogP contribution in [-0.4, -0.2) is 47.3 Å². The number of amides is 2. The Balaban J connectivity index is 1.54. The van der Waals surface area contributed by atoms with E-state index in [4.69, 9.17) is 21.1 Å². The summed E-state index contributed by atoms with van der Waals surface area (Å²) in [6, 6.07) is 1.87. The maximum atomic E-state index is 14.2. The molecule has 34 heavy (non-hydrogen) atoms. The number of benzene rings is 1. The van der Waals surface area contributed by atoms with Gasteiger partial charge in [0.2, 0.25) is 5.43 Å². The van der Waals surface area contributed by atoms with Crippen molar-refractivity contribution in [3.63, 3.8) is 0 Å². The number of methoxy groups -OCH3 is 1. The summed E-state index contributed by atoms with van der Waals surface area (Å²) >= 11 is 5.60. The third kappa shape index (κ3) is 3.23. The largest absolute Gasteiger partial charge is 0.491 e. The molecule has 1 aromatic heterocycles. The number of hydrogen-bond acceptors (Lipinski definition) is 5. The van der Waals surface area contributed by atoms with Gasteiger partial charge in [0.25, 0.3) is 11.8 Å². The Kier molecular flexibility index (Phi) is 5.60. The molecule has 1 saturated carbocycles. The van der Waals surface area contributed by atoms with Gasteiger partial charge in [0, 0.05) is 24.8 Å². The van der Waals surface area contributed by atoms with Crippen LogP contribution in [0.15, 0.2) is 23.1 Å². The third-order valence-electron chi connectivity index (χ3n) is 6.89. The zero-order valence-electron chi connectivity index (χ0n) is 18.3. The first-order valence-electron chi connectivity index (χ1n) is 11.0. The minimum Gasteiger partial charge on any atom is -0.491 e. The molecule has 2 fully saturated rings. The summed E-state index contributed by atoms with van der Waals surface area (Å²) in [5, 5.41) is 1.80. The van der Waals surface area contributed by atoms with Crippen LogP contribution in [-0.2, 0) is 11.3 Å². The van der Waals surface area contributed by atoms with Gasteiger partial charge in [0.05, 0.1) is 19.8 Å². The number of nitrogens with zero attached hydrogens (tertiary/aromatic N) is 2. The van der Waals surface area contributed by atoms with Crippen LogP contribution in [0.3, 0.4) is 0 Å². The summed E-state index contributed by atoms with van der Waals surface area (Å²) in [6.45, 7) is 0.487. The van der Waals surface area contributed by atoms with Crippen molar-refractivity contribution in [3.8, 4) is 5.75 Å². The van der Waals surface area contributed by atoms with Crippen LogP contribution in [0.1, 0.15) is 58.1 Å². The van der Waals surface area contributed by atoms with Gasteiger partial charge in [-0.05, 0) is 25.3 Å². The van der Waals surface area contributed by atoms with Crippen LogP contribution < -0.4 is 15.5 Å². The van der Waals surface area contributed by atoms with E-state index in [1.807, 2.05) is 0 Å². The normalized spacial score (nSPS) is 23.2. The average molecular weight is 494 g/mol. The van der Waals surface area contributed by atoms with E-state index in [9.17, 15) is 23.2 Å². The number of ether oxygens (including phenoxy) is 2. The molecule has 1 spiro atoms. The van der Waals surface area contributed by atoms with E-state index in [1.165, 1.54) is 13.3 Å². The van der Waals surface area contributed by atoms with Crippen molar-refractivity contribution in [1.29, 1.82) is 0 Å². The Morgan fingerprint density at radius 3 is 2.88 bits per heavy atom. The lowest BCUT2D eigenvalue weighted by Gasteiger charge is -2.50. The standard InChI is InChI=1S/C23H22ClF2N3O5/c1-33-20-18-22(32)29-8-9-34-23(29)7-3-2-4-15(23)28(18)11-13(19(20)30)21(31)27-10-12-5-6-14(25)16(24)17(12)26/h5-6,11,15H,2-4,7-10H2,1H3,(H,27,31)/t15-,23-/m0/s1. The Morgan fingerprint density at radius 1 is 1.32 bits per heavy atom. The molecule has 2 aromatic rings. The molecular formula is C23H22ClF2N3O5. The highest BCUT2D eigenvalue weighted by Gasteiger charge is 2.57. The van der Waals surface area contributed by atoms with E-state index in [2.05, 4.69) is 5.32 Å². The molecule has 2 atom stereocenters. The topological polar surface area (TPSA) is 89.9 Å². The van der Waals surface area contributed by atoms with Gasteiger partial charge in [0.1, 0.15) is 22.2 Å². The predicted octanol–water partition coefficient (Wildman–Crippen LogP) is 3.02. The fourth-order valence-corrected chi connectivity index (χ4v) is 5.50. The number of rotatable bonds is 4. The van der Waals surface area contributed by atoms with Gasteiger partial charge in [-0.2, -0.15) is 0 Å². The molecule has 0 radical (unpaired) electrons. The molecule has 1 N–H and O–H groups in total. The van der Waals surface area contributed by atoms with Crippen LogP contribution in [0, 0.1) is 11.6 Å². The van der Waals surface area contributed by atoms with Gasteiger partial charge in [-0.15, -0.1) is 0 Å². The second kappa shape index (κ2) is 8.35. The van der Waals surface area contributed by atoms with Crippen LogP contribution in [0.2, 0.25) is 5.02 Å². The van der Waals surface area contributed by atoms with E-state index in [-0.39, 0.29) is 41.1 Å². The second-order valence-corrected chi connectivity index (χ2v) is 8.97. The van der Waals surface area contributed by atoms with Gasteiger partial charge >= 0.3 is 0 Å².